The third-order valence-electron chi connectivity index (χ3n) is 3.69. The van der Waals surface area contributed by atoms with Gasteiger partial charge in [0.05, 0.1) is 12.1 Å². The minimum atomic E-state index is -0.219. The summed E-state index contributed by atoms with van der Waals surface area (Å²) in [5, 5.41) is 0. The summed E-state index contributed by atoms with van der Waals surface area (Å²) in [7, 11) is 0. The smallest absolute Gasteiger partial charge is 0.254 e. The molecule has 0 radical (unpaired) electrons. The van der Waals surface area contributed by atoms with Gasteiger partial charge in [-0.1, -0.05) is 6.07 Å². The van der Waals surface area contributed by atoms with Gasteiger partial charge < -0.3 is 4.74 Å². The Morgan fingerprint density at radius 2 is 1.90 bits per heavy atom. The minimum absolute atomic E-state index is 0.102. The predicted molar refractivity (Wildman–Crippen MR) is 74.3 cm³/mol. The Morgan fingerprint density at radius 3 is 2.55 bits per heavy atom. The molecular weight excluding hydrogens is 254 g/mol. The van der Waals surface area contributed by atoms with Crippen LogP contribution in [-0.2, 0) is 16.0 Å². The molecule has 1 aromatic carbocycles. The largest absolute Gasteiger partial charge is 0.491 e. The molecule has 0 aromatic heterocycles. The van der Waals surface area contributed by atoms with Crippen LogP contribution in [0.3, 0.4) is 0 Å². The van der Waals surface area contributed by atoms with Gasteiger partial charge in [-0.2, -0.15) is 0 Å². The summed E-state index contributed by atoms with van der Waals surface area (Å²) in [4.78, 5) is 25.0. The van der Waals surface area contributed by atoms with Crippen LogP contribution < -0.4 is 4.74 Å². The van der Waals surface area contributed by atoms with Gasteiger partial charge in [-0.25, -0.2) is 0 Å². The molecule has 104 valence electrons. The highest BCUT2D eigenvalue weighted by atomic mass is 16.5. The maximum Gasteiger partial charge on any atom is 0.254 e. The van der Waals surface area contributed by atoms with E-state index in [1.54, 1.807) is 0 Å². The zero-order valence-corrected chi connectivity index (χ0v) is 11.6. The number of nitrogens with zero attached hydrogens (tertiary/aromatic N) is 1. The van der Waals surface area contributed by atoms with Crippen LogP contribution in [0.15, 0.2) is 30.4 Å². The predicted octanol–water partition coefficient (Wildman–Crippen LogP) is 2.39. The molecular formula is C16H17NO3. The lowest BCUT2D eigenvalue weighted by Gasteiger charge is -2.23. The molecule has 20 heavy (non-hydrogen) atoms. The SMILES string of the molecule is CC(C)Oc1ccc2c(c1)[C@@H](N1C(=O)C=CC1=O)CC2. The Labute approximate surface area is 118 Å². The second-order valence-corrected chi connectivity index (χ2v) is 5.46. The molecule has 2 aliphatic rings. The Kier molecular flexibility index (Phi) is 3.08. The number of benzene rings is 1. The molecule has 0 saturated carbocycles. The van der Waals surface area contributed by atoms with E-state index in [0.717, 1.165) is 24.2 Å². The standard InChI is InChI=1S/C16H17NO3/c1-10(2)20-12-5-3-11-4-6-14(13(11)9-12)17-15(18)7-8-16(17)19/h3,5,7-10,14H,4,6H2,1-2H3/t14-/m0/s1. The van der Waals surface area contributed by atoms with Crippen LogP contribution in [0, 0.1) is 0 Å². The Morgan fingerprint density at radius 1 is 1.20 bits per heavy atom. The summed E-state index contributed by atoms with van der Waals surface area (Å²) in [6.45, 7) is 3.95. The third-order valence-corrected chi connectivity index (χ3v) is 3.69. The monoisotopic (exact) mass is 271 g/mol. The van der Waals surface area contributed by atoms with Crippen LogP contribution in [0.2, 0.25) is 0 Å². The van der Waals surface area contributed by atoms with Crippen molar-refractivity contribution in [3.63, 3.8) is 0 Å². The molecule has 2 amide bonds. The lowest BCUT2D eigenvalue weighted by Crippen LogP contribution is -2.33. The molecule has 0 unspecified atom stereocenters. The molecule has 1 atom stereocenters. The number of amides is 2. The van der Waals surface area contributed by atoms with E-state index in [-0.39, 0.29) is 24.0 Å². The summed E-state index contributed by atoms with van der Waals surface area (Å²) in [6.07, 6.45) is 4.46. The van der Waals surface area contributed by atoms with Crippen molar-refractivity contribution in [3.05, 3.63) is 41.5 Å². The van der Waals surface area contributed by atoms with Gasteiger partial charge in [-0.05, 0) is 49.9 Å². The zero-order chi connectivity index (χ0) is 14.3. The Balaban J connectivity index is 1.92. The zero-order valence-electron chi connectivity index (χ0n) is 11.6. The average Bonchev–Trinajstić information content (AvgIpc) is 2.92. The summed E-state index contributed by atoms with van der Waals surface area (Å²) >= 11 is 0. The molecule has 1 aliphatic heterocycles. The van der Waals surface area contributed by atoms with Gasteiger partial charge in [0.1, 0.15) is 5.75 Å². The number of rotatable bonds is 3. The highest BCUT2D eigenvalue weighted by Gasteiger charge is 2.36. The highest BCUT2D eigenvalue weighted by Crippen LogP contribution is 2.39. The highest BCUT2D eigenvalue weighted by molar-refractivity contribution is 6.13. The van der Waals surface area contributed by atoms with Gasteiger partial charge in [0.2, 0.25) is 0 Å². The molecule has 4 heteroatoms. The van der Waals surface area contributed by atoms with Crippen LogP contribution in [0.4, 0.5) is 0 Å². The topological polar surface area (TPSA) is 46.6 Å². The van der Waals surface area contributed by atoms with E-state index in [2.05, 4.69) is 0 Å². The van der Waals surface area contributed by atoms with Gasteiger partial charge in [0.25, 0.3) is 11.8 Å². The fraction of sp³-hybridized carbons (Fsp3) is 0.375. The number of fused-ring (bicyclic) bond motifs is 1. The summed E-state index contributed by atoms with van der Waals surface area (Å²) < 4.78 is 5.70. The van der Waals surface area contributed by atoms with Gasteiger partial charge in [0.15, 0.2) is 0 Å². The van der Waals surface area contributed by atoms with Crippen LogP contribution >= 0.6 is 0 Å². The molecule has 1 aromatic rings. The first-order valence-electron chi connectivity index (χ1n) is 6.91. The van der Waals surface area contributed by atoms with Crippen LogP contribution in [-0.4, -0.2) is 22.8 Å². The number of carbonyl (C=O) groups is 2. The van der Waals surface area contributed by atoms with Crippen molar-refractivity contribution in [1.29, 1.82) is 0 Å². The molecule has 0 N–H and O–H groups in total. The van der Waals surface area contributed by atoms with Gasteiger partial charge in [0, 0.05) is 12.2 Å². The maximum absolute atomic E-state index is 11.8. The molecule has 3 rings (SSSR count). The van der Waals surface area contributed by atoms with Crippen molar-refractivity contribution in [2.45, 2.75) is 38.8 Å². The second kappa shape index (κ2) is 4.78. The molecule has 4 nitrogen and oxygen atoms in total. The molecule has 1 heterocycles. The van der Waals surface area contributed by atoms with E-state index in [4.69, 9.17) is 4.74 Å². The third kappa shape index (κ3) is 2.11. The molecule has 0 bridgehead atoms. The number of carbonyl (C=O) groups excluding carboxylic acids is 2. The van der Waals surface area contributed by atoms with Crippen molar-refractivity contribution < 1.29 is 14.3 Å². The van der Waals surface area contributed by atoms with Crippen LogP contribution in [0.1, 0.15) is 37.4 Å². The summed E-state index contributed by atoms with van der Waals surface area (Å²) in [5.74, 6) is 0.351. The van der Waals surface area contributed by atoms with Crippen molar-refractivity contribution in [1.82, 2.24) is 4.90 Å². The van der Waals surface area contributed by atoms with E-state index in [1.165, 1.54) is 22.6 Å². The first kappa shape index (κ1) is 12.9. The van der Waals surface area contributed by atoms with E-state index in [9.17, 15) is 9.59 Å². The normalized spacial score (nSPS) is 20.9. The van der Waals surface area contributed by atoms with Gasteiger partial charge in [-0.15, -0.1) is 0 Å². The van der Waals surface area contributed by atoms with Crippen molar-refractivity contribution in [3.8, 4) is 5.75 Å². The first-order valence-corrected chi connectivity index (χ1v) is 6.91. The number of aryl methyl sites for hydroxylation is 1. The Bertz CT molecular complexity index is 586. The summed E-state index contributed by atoms with van der Waals surface area (Å²) in [5.41, 5.74) is 2.23. The van der Waals surface area contributed by atoms with Crippen LogP contribution in [0.25, 0.3) is 0 Å². The Hall–Kier alpha value is -2.10. The molecule has 1 aliphatic carbocycles. The number of imide groups is 1. The van der Waals surface area contributed by atoms with Crippen molar-refractivity contribution >= 4 is 11.8 Å². The van der Waals surface area contributed by atoms with E-state index in [1.807, 2.05) is 32.0 Å². The maximum atomic E-state index is 11.8. The summed E-state index contributed by atoms with van der Waals surface area (Å²) in [6, 6.07) is 5.79. The van der Waals surface area contributed by atoms with E-state index in [0.29, 0.717) is 0 Å². The van der Waals surface area contributed by atoms with Crippen molar-refractivity contribution in [2.24, 2.45) is 0 Å². The number of hydrogen-bond donors (Lipinski definition) is 0. The van der Waals surface area contributed by atoms with Crippen LogP contribution in [0.5, 0.6) is 5.75 Å². The lowest BCUT2D eigenvalue weighted by atomic mass is 10.1. The van der Waals surface area contributed by atoms with Gasteiger partial charge >= 0.3 is 0 Å². The van der Waals surface area contributed by atoms with E-state index >= 15 is 0 Å². The molecule has 0 fully saturated rings. The fourth-order valence-corrected chi connectivity index (χ4v) is 2.89. The molecule has 0 spiro atoms. The lowest BCUT2D eigenvalue weighted by molar-refractivity contribution is -0.139. The quantitative estimate of drug-likeness (QED) is 0.793. The second-order valence-electron chi connectivity index (χ2n) is 5.46. The van der Waals surface area contributed by atoms with Gasteiger partial charge in [-0.3, -0.25) is 14.5 Å². The molecule has 0 saturated heterocycles. The minimum Gasteiger partial charge on any atom is -0.491 e. The van der Waals surface area contributed by atoms with E-state index < -0.39 is 0 Å². The fourth-order valence-electron chi connectivity index (χ4n) is 2.89. The number of ether oxygens (including phenoxy) is 1. The number of hydrogen-bond acceptors (Lipinski definition) is 3. The first-order chi connectivity index (χ1) is 9.56. The van der Waals surface area contributed by atoms with Crippen molar-refractivity contribution in [2.75, 3.05) is 0 Å². The average molecular weight is 271 g/mol.